The third-order valence-electron chi connectivity index (χ3n) is 2.21. The molecule has 1 rings (SSSR count). The van der Waals surface area contributed by atoms with Gasteiger partial charge in [0.05, 0.1) is 6.10 Å². The number of nitrogens with one attached hydrogen (secondary N) is 1. The highest BCUT2D eigenvalue weighted by atomic mass is 79.9. The van der Waals surface area contributed by atoms with Crippen LogP contribution in [0, 0.1) is 0 Å². The van der Waals surface area contributed by atoms with Crippen LogP contribution in [0.25, 0.3) is 0 Å². The van der Waals surface area contributed by atoms with Gasteiger partial charge in [-0.15, -0.1) is 0 Å². The minimum Gasteiger partial charge on any atom is -0.377 e. The number of benzene rings is 1. The molecule has 0 fully saturated rings. The van der Waals surface area contributed by atoms with Gasteiger partial charge >= 0.3 is 0 Å². The molecule has 0 aliphatic heterocycles. The van der Waals surface area contributed by atoms with Gasteiger partial charge in [-0.3, -0.25) is 0 Å². The fourth-order valence-electron chi connectivity index (χ4n) is 1.42. The molecule has 0 amide bonds. The van der Waals surface area contributed by atoms with E-state index >= 15 is 0 Å². The van der Waals surface area contributed by atoms with Gasteiger partial charge in [0.2, 0.25) is 0 Å². The van der Waals surface area contributed by atoms with Gasteiger partial charge < -0.3 is 10.1 Å². The molecule has 0 saturated heterocycles. The maximum absolute atomic E-state index is 5.87. The predicted molar refractivity (Wildman–Crippen MR) is 71.9 cm³/mol. The molecule has 1 unspecified atom stereocenters. The summed E-state index contributed by atoms with van der Waals surface area (Å²) in [6.07, 6.45) is 0.246. The number of hydrogen-bond acceptors (Lipinski definition) is 2. The van der Waals surface area contributed by atoms with Crippen molar-refractivity contribution in [3.63, 3.8) is 0 Å². The van der Waals surface area contributed by atoms with Crippen LogP contribution in [-0.4, -0.2) is 19.3 Å². The van der Waals surface area contributed by atoms with E-state index in [1.807, 2.05) is 25.1 Å². The molecule has 1 aromatic rings. The molecule has 0 aromatic heterocycles. The number of rotatable bonds is 6. The van der Waals surface area contributed by atoms with E-state index in [1.165, 1.54) is 5.56 Å². The summed E-state index contributed by atoms with van der Waals surface area (Å²) in [4.78, 5) is 0. The Kier molecular flexibility index (Phi) is 6.36. The first-order valence-corrected chi connectivity index (χ1v) is 6.56. The molecule has 0 radical (unpaired) electrons. The summed E-state index contributed by atoms with van der Waals surface area (Å²) in [5.41, 5.74) is 1.20. The zero-order valence-corrected chi connectivity index (χ0v) is 11.9. The van der Waals surface area contributed by atoms with Crippen LogP contribution in [-0.2, 0) is 11.3 Å². The highest BCUT2D eigenvalue weighted by Crippen LogP contribution is 2.21. The molecule has 16 heavy (non-hydrogen) atoms. The van der Waals surface area contributed by atoms with Gasteiger partial charge in [-0.05, 0) is 31.5 Å². The molecular formula is C12H17BrClNO. The Bertz CT molecular complexity index is 333. The first-order chi connectivity index (χ1) is 7.63. The summed E-state index contributed by atoms with van der Waals surface area (Å²) in [5.74, 6) is 0. The van der Waals surface area contributed by atoms with Crippen molar-refractivity contribution < 1.29 is 4.74 Å². The first kappa shape index (κ1) is 14.0. The van der Waals surface area contributed by atoms with Crippen molar-refractivity contribution in [2.75, 3.05) is 13.2 Å². The molecule has 1 N–H and O–H groups in total. The highest BCUT2D eigenvalue weighted by molar-refractivity contribution is 9.10. The molecule has 2 nitrogen and oxygen atoms in total. The van der Waals surface area contributed by atoms with E-state index in [4.69, 9.17) is 16.3 Å². The van der Waals surface area contributed by atoms with Crippen LogP contribution in [0.3, 0.4) is 0 Å². The van der Waals surface area contributed by atoms with E-state index in [9.17, 15) is 0 Å². The Morgan fingerprint density at radius 1 is 1.50 bits per heavy atom. The van der Waals surface area contributed by atoms with Crippen LogP contribution in [0.2, 0.25) is 5.02 Å². The SMILES string of the molecule is CCOC(C)CNCc1ccc(Cl)cc1Br. The molecule has 0 spiro atoms. The Labute approximate surface area is 110 Å². The van der Waals surface area contributed by atoms with Crippen LogP contribution >= 0.6 is 27.5 Å². The zero-order valence-electron chi connectivity index (χ0n) is 9.59. The van der Waals surface area contributed by atoms with Crippen molar-refractivity contribution in [1.82, 2.24) is 5.32 Å². The molecular weight excluding hydrogens is 289 g/mol. The van der Waals surface area contributed by atoms with E-state index in [0.717, 1.165) is 29.2 Å². The number of halogens is 2. The van der Waals surface area contributed by atoms with Crippen LogP contribution in [0.4, 0.5) is 0 Å². The van der Waals surface area contributed by atoms with Gasteiger partial charge in [0, 0.05) is 29.2 Å². The molecule has 0 heterocycles. The monoisotopic (exact) mass is 305 g/mol. The van der Waals surface area contributed by atoms with Gasteiger partial charge in [0.25, 0.3) is 0 Å². The smallest absolute Gasteiger partial charge is 0.0671 e. The maximum Gasteiger partial charge on any atom is 0.0671 e. The Balaban J connectivity index is 2.37. The molecule has 0 aliphatic carbocycles. The zero-order chi connectivity index (χ0) is 12.0. The average Bonchev–Trinajstić information content (AvgIpc) is 2.22. The fraction of sp³-hybridized carbons (Fsp3) is 0.500. The molecule has 4 heteroatoms. The molecule has 1 aromatic carbocycles. The molecule has 0 saturated carbocycles. The second-order valence-corrected chi connectivity index (χ2v) is 4.92. The van der Waals surface area contributed by atoms with Crippen molar-refractivity contribution in [2.24, 2.45) is 0 Å². The summed E-state index contributed by atoms with van der Waals surface area (Å²) in [5, 5.41) is 4.10. The van der Waals surface area contributed by atoms with Crippen molar-refractivity contribution in [1.29, 1.82) is 0 Å². The van der Waals surface area contributed by atoms with Crippen LogP contribution in [0.15, 0.2) is 22.7 Å². The second kappa shape index (κ2) is 7.28. The summed E-state index contributed by atoms with van der Waals surface area (Å²) < 4.78 is 6.47. The third-order valence-corrected chi connectivity index (χ3v) is 3.19. The van der Waals surface area contributed by atoms with Gasteiger partial charge in [0.15, 0.2) is 0 Å². The minimum atomic E-state index is 0.246. The molecule has 0 aliphatic rings. The van der Waals surface area contributed by atoms with Crippen LogP contribution < -0.4 is 5.32 Å². The summed E-state index contributed by atoms with van der Waals surface area (Å²) in [7, 11) is 0. The normalized spacial score (nSPS) is 12.8. The highest BCUT2D eigenvalue weighted by Gasteiger charge is 2.03. The maximum atomic E-state index is 5.87. The summed E-state index contributed by atoms with van der Waals surface area (Å²) >= 11 is 9.36. The first-order valence-electron chi connectivity index (χ1n) is 5.39. The fourth-order valence-corrected chi connectivity index (χ4v) is 2.24. The van der Waals surface area contributed by atoms with Crippen molar-refractivity contribution in [3.8, 4) is 0 Å². The summed E-state index contributed by atoms with van der Waals surface area (Å²) in [6.45, 7) is 6.49. The Morgan fingerprint density at radius 3 is 2.88 bits per heavy atom. The lowest BCUT2D eigenvalue weighted by atomic mass is 10.2. The van der Waals surface area contributed by atoms with Gasteiger partial charge in [0.1, 0.15) is 0 Å². The largest absolute Gasteiger partial charge is 0.377 e. The van der Waals surface area contributed by atoms with E-state index in [2.05, 4.69) is 28.2 Å². The predicted octanol–water partition coefficient (Wildman–Crippen LogP) is 3.62. The van der Waals surface area contributed by atoms with E-state index in [1.54, 1.807) is 0 Å². The Hall–Kier alpha value is -0.0900. The second-order valence-electron chi connectivity index (χ2n) is 3.63. The van der Waals surface area contributed by atoms with Crippen LogP contribution in [0.5, 0.6) is 0 Å². The van der Waals surface area contributed by atoms with E-state index in [0.29, 0.717) is 0 Å². The van der Waals surface area contributed by atoms with Gasteiger partial charge in [-0.25, -0.2) is 0 Å². The minimum absolute atomic E-state index is 0.246. The van der Waals surface area contributed by atoms with Crippen molar-refractivity contribution in [3.05, 3.63) is 33.3 Å². The quantitative estimate of drug-likeness (QED) is 0.867. The molecule has 1 atom stereocenters. The van der Waals surface area contributed by atoms with E-state index in [-0.39, 0.29) is 6.10 Å². The Morgan fingerprint density at radius 2 is 2.25 bits per heavy atom. The summed E-state index contributed by atoms with van der Waals surface area (Å²) in [6, 6.07) is 5.82. The molecule has 90 valence electrons. The third kappa shape index (κ3) is 4.83. The van der Waals surface area contributed by atoms with E-state index < -0.39 is 0 Å². The van der Waals surface area contributed by atoms with Gasteiger partial charge in [-0.2, -0.15) is 0 Å². The molecule has 0 bridgehead atoms. The topological polar surface area (TPSA) is 21.3 Å². The number of hydrogen-bond donors (Lipinski definition) is 1. The lowest BCUT2D eigenvalue weighted by Crippen LogP contribution is -2.26. The van der Waals surface area contributed by atoms with Crippen molar-refractivity contribution >= 4 is 27.5 Å². The van der Waals surface area contributed by atoms with Crippen molar-refractivity contribution in [2.45, 2.75) is 26.5 Å². The standard InChI is InChI=1S/C12H17BrClNO/c1-3-16-9(2)7-15-8-10-4-5-11(14)6-12(10)13/h4-6,9,15H,3,7-8H2,1-2H3. The lowest BCUT2D eigenvalue weighted by molar-refractivity contribution is 0.0759. The average molecular weight is 307 g/mol. The van der Waals surface area contributed by atoms with Gasteiger partial charge in [-0.1, -0.05) is 33.6 Å². The van der Waals surface area contributed by atoms with Crippen LogP contribution in [0.1, 0.15) is 19.4 Å². The number of ether oxygens (including phenoxy) is 1. The lowest BCUT2D eigenvalue weighted by Gasteiger charge is -2.13.